The first-order chi connectivity index (χ1) is 11.8. The van der Waals surface area contributed by atoms with E-state index in [1.807, 2.05) is 0 Å². The molecule has 0 saturated carbocycles. The van der Waals surface area contributed by atoms with Gasteiger partial charge in [0.15, 0.2) is 0 Å². The molecule has 0 aromatic heterocycles. The van der Waals surface area contributed by atoms with Gasteiger partial charge in [-0.3, -0.25) is 4.21 Å². The summed E-state index contributed by atoms with van der Waals surface area (Å²) in [7, 11) is 1.25. The lowest BCUT2D eigenvalue weighted by molar-refractivity contribution is 0.0601. The van der Waals surface area contributed by atoms with Crippen LogP contribution in [0.5, 0.6) is 0 Å². The molecule has 1 atom stereocenters. The van der Waals surface area contributed by atoms with E-state index in [4.69, 9.17) is 34.8 Å². The third-order valence-electron chi connectivity index (χ3n) is 3.43. The summed E-state index contributed by atoms with van der Waals surface area (Å²) in [6.45, 7) is 0.105. The van der Waals surface area contributed by atoms with Crippen molar-refractivity contribution >= 4 is 57.7 Å². The van der Waals surface area contributed by atoms with Crippen LogP contribution in [-0.4, -0.2) is 28.4 Å². The molecule has 2 rings (SSSR count). The van der Waals surface area contributed by atoms with Gasteiger partial charge in [0.25, 0.3) is 0 Å². The summed E-state index contributed by atoms with van der Waals surface area (Å²) in [5.41, 5.74) is 1.19. The van der Waals surface area contributed by atoms with Gasteiger partial charge >= 0.3 is 5.97 Å². The van der Waals surface area contributed by atoms with Gasteiger partial charge in [0.1, 0.15) is 0 Å². The average molecular weight is 422 g/mol. The molecule has 0 fully saturated rings. The van der Waals surface area contributed by atoms with Crippen molar-refractivity contribution in [3.05, 3.63) is 62.6 Å². The standard InChI is InChI=1S/C16H14Cl3NO4S/c1-24-16(21)11-5-6-14(13(18)9-11)20(25(22)23)8-7-10-3-2-4-12(17)15(10)19/h2-6,9H,7-8H2,1H3,(H,22,23)/p-1. The third kappa shape index (κ3) is 4.86. The zero-order valence-corrected chi connectivity index (χ0v) is 16.1. The summed E-state index contributed by atoms with van der Waals surface area (Å²) in [4.78, 5) is 11.5. The Morgan fingerprint density at radius 2 is 1.92 bits per heavy atom. The van der Waals surface area contributed by atoms with Crippen molar-refractivity contribution in [3.8, 4) is 0 Å². The van der Waals surface area contributed by atoms with Crippen LogP contribution in [-0.2, 0) is 22.4 Å². The number of ether oxygens (including phenoxy) is 1. The number of hydrogen-bond acceptors (Lipinski definition) is 4. The average Bonchev–Trinajstić information content (AvgIpc) is 2.58. The van der Waals surface area contributed by atoms with E-state index in [1.54, 1.807) is 18.2 Å². The number of hydrogen-bond donors (Lipinski definition) is 0. The van der Waals surface area contributed by atoms with Crippen LogP contribution >= 0.6 is 34.8 Å². The van der Waals surface area contributed by atoms with Gasteiger partial charge in [0.05, 0.1) is 33.4 Å². The normalized spacial score (nSPS) is 11.9. The van der Waals surface area contributed by atoms with E-state index in [0.29, 0.717) is 22.0 Å². The largest absolute Gasteiger partial charge is 0.755 e. The molecule has 2 aromatic rings. The van der Waals surface area contributed by atoms with Crippen LogP contribution in [0.15, 0.2) is 36.4 Å². The lowest BCUT2D eigenvalue weighted by Gasteiger charge is -2.27. The van der Waals surface area contributed by atoms with Crippen LogP contribution in [0.25, 0.3) is 0 Å². The van der Waals surface area contributed by atoms with Gasteiger partial charge in [-0.1, -0.05) is 46.9 Å². The van der Waals surface area contributed by atoms with Crippen LogP contribution < -0.4 is 4.31 Å². The summed E-state index contributed by atoms with van der Waals surface area (Å²) in [5.74, 6) is -0.561. The molecular weight excluding hydrogens is 409 g/mol. The van der Waals surface area contributed by atoms with Crippen molar-refractivity contribution in [1.29, 1.82) is 0 Å². The number of carbonyl (C=O) groups excluding carboxylic acids is 1. The Hall–Kier alpha value is -1.31. The molecule has 1 unspecified atom stereocenters. The maximum absolute atomic E-state index is 11.6. The second-order valence-corrected chi connectivity index (χ2v) is 7.01. The molecule has 0 saturated heterocycles. The highest BCUT2D eigenvalue weighted by Crippen LogP contribution is 2.30. The van der Waals surface area contributed by atoms with Crippen molar-refractivity contribution in [2.75, 3.05) is 18.0 Å². The van der Waals surface area contributed by atoms with Crippen LogP contribution in [0.4, 0.5) is 5.69 Å². The third-order valence-corrected chi connectivity index (χ3v) is 5.33. The predicted molar refractivity (Wildman–Crippen MR) is 99.2 cm³/mol. The number of carbonyl (C=O) groups is 1. The molecule has 9 heteroatoms. The first-order valence-electron chi connectivity index (χ1n) is 7.02. The Morgan fingerprint density at radius 1 is 1.20 bits per heavy atom. The predicted octanol–water partition coefficient (Wildman–Crippen LogP) is 4.28. The zero-order valence-electron chi connectivity index (χ0n) is 13.0. The van der Waals surface area contributed by atoms with E-state index in [-0.39, 0.29) is 22.8 Å². The maximum atomic E-state index is 11.6. The Morgan fingerprint density at radius 3 is 2.52 bits per heavy atom. The summed E-state index contributed by atoms with van der Waals surface area (Å²) >= 11 is 15.7. The van der Waals surface area contributed by atoms with Gasteiger partial charge in [0, 0.05) is 17.8 Å². The van der Waals surface area contributed by atoms with Crippen molar-refractivity contribution in [3.63, 3.8) is 0 Å². The zero-order chi connectivity index (χ0) is 18.6. The van der Waals surface area contributed by atoms with E-state index in [0.717, 1.165) is 4.31 Å². The Kier molecular flexibility index (Phi) is 7.10. The quantitative estimate of drug-likeness (QED) is 0.516. The summed E-state index contributed by atoms with van der Waals surface area (Å²) in [5, 5.41) is 0.895. The molecule has 0 spiro atoms. The fourth-order valence-electron chi connectivity index (χ4n) is 2.19. The fourth-order valence-corrected chi connectivity index (χ4v) is 3.50. The molecule has 5 nitrogen and oxygen atoms in total. The van der Waals surface area contributed by atoms with Crippen molar-refractivity contribution in [2.45, 2.75) is 6.42 Å². The molecule has 134 valence electrons. The molecule has 0 bridgehead atoms. The minimum absolute atomic E-state index is 0.105. The number of rotatable bonds is 6. The number of halogens is 3. The summed E-state index contributed by atoms with van der Waals surface area (Å²) in [6.07, 6.45) is 0.336. The highest BCUT2D eigenvalue weighted by Gasteiger charge is 2.15. The number of anilines is 1. The molecule has 0 amide bonds. The number of esters is 1. The molecule has 0 heterocycles. The molecule has 0 N–H and O–H groups in total. The van der Waals surface area contributed by atoms with Crippen molar-refractivity contribution in [2.24, 2.45) is 0 Å². The van der Waals surface area contributed by atoms with E-state index >= 15 is 0 Å². The van der Waals surface area contributed by atoms with Crippen LogP contribution in [0.1, 0.15) is 15.9 Å². The second-order valence-electron chi connectivity index (χ2n) is 4.94. The minimum Gasteiger partial charge on any atom is -0.755 e. The second kappa shape index (κ2) is 8.87. The molecule has 2 aromatic carbocycles. The van der Waals surface area contributed by atoms with Gasteiger partial charge in [-0.15, -0.1) is 0 Å². The lowest BCUT2D eigenvalue weighted by atomic mass is 10.1. The number of benzene rings is 2. The van der Waals surface area contributed by atoms with Gasteiger partial charge in [0.2, 0.25) is 0 Å². The van der Waals surface area contributed by atoms with Gasteiger partial charge < -0.3 is 13.6 Å². The van der Waals surface area contributed by atoms with E-state index in [9.17, 15) is 13.6 Å². The highest BCUT2D eigenvalue weighted by atomic mass is 35.5. The Balaban J connectivity index is 2.25. The smallest absolute Gasteiger partial charge is 0.337 e. The Bertz CT molecular complexity index is 816. The maximum Gasteiger partial charge on any atom is 0.337 e. The van der Waals surface area contributed by atoms with Crippen LogP contribution in [0.3, 0.4) is 0 Å². The monoisotopic (exact) mass is 420 g/mol. The first kappa shape index (κ1) is 20.0. The fraction of sp³-hybridized carbons (Fsp3) is 0.188. The Labute approximate surface area is 162 Å². The van der Waals surface area contributed by atoms with Gasteiger partial charge in [-0.2, -0.15) is 0 Å². The van der Waals surface area contributed by atoms with Crippen molar-refractivity contribution < 1.29 is 18.3 Å². The van der Waals surface area contributed by atoms with Crippen LogP contribution in [0.2, 0.25) is 15.1 Å². The minimum atomic E-state index is -2.56. The lowest BCUT2D eigenvalue weighted by Crippen LogP contribution is -2.28. The van der Waals surface area contributed by atoms with Crippen LogP contribution in [0, 0.1) is 0 Å². The molecule has 25 heavy (non-hydrogen) atoms. The first-order valence-corrected chi connectivity index (χ1v) is 9.19. The van der Waals surface area contributed by atoms with E-state index in [1.165, 1.54) is 25.3 Å². The molecular formula is C16H13Cl3NO4S-. The topological polar surface area (TPSA) is 69.7 Å². The molecule has 0 aliphatic heterocycles. The van der Waals surface area contributed by atoms with Gasteiger partial charge in [-0.25, -0.2) is 4.79 Å². The molecule has 0 aliphatic carbocycles. The molecule has 0 radical (unpaired) electrons. The van der Waals surface area contributed by atoms with E-state index in [2.05, 4.69) is 4.74 Å². The highest BCUT2D eigenvalue weighted by molar-refractivity contribution is 7.80. The van der Waals surface area contributed by atoms with E-state index < -0.39 is 17.2 Å². The number of methoxy groups -OCH3 is 1. The molecule has 0 aliphatic rings. The SMILES string of the molecule is COC(=O)c1ccc(N(CCc2cccc(Cl)c2Cl)S(=O)[O-])c(Cl)c1. The summed E-state index contributed by atoms with van der Waals surface area (Å²) in [6, 6.07) is 9.40. The van der Waals surface area contributed by atoms with Crippen molar-refractivity contribution in [1.82, 2.24) is 0 Å². The van der Waals surface area contributed by atoms with Gasteiger partial charge in [-0.05, 0) is 36.2 Å². The summed E-state index contributed by atoms with van der Waals surface area (Å²) < 4.78 is 28.9. The number of nitrogens with zero attached hydrogens (tertiary/aromatic N) is 1.